The van der Waals surface area contributed by atoms with Gasteiger partial charge in [0, 0.05) is 29.4 Å². The molecule has 0 radical (unpaired) electrons. The predicted octanol–water partition coefficient (Wildman–Crippen LogP) is 3.71. The van der Waals surface area contributed by atoms with Crippen LogP contribution in [0.25, 0.3) is 22.4 Å². The van der Waals surface area contributed by atoms with Gasteiger partial charge in [0.05, 0.1) is 24.3 Å². The molecule has 0 bridgehead atoms. The summed E-state index contributed by atoms with van der Waals surface area (Å²) in [6.45, 7) is 2.02. The maximum Gasteiger partial charge on any atom is 0.310 e. The van der Waals surface area contributed by atoms with Gasteiger partial charge in [-0.1, -0.05) is 6.92 Å². The molecule has 6 nitrogen and oxygen atoms in total. The van der Waals surface area contributed by atoms with E-state index in [2.05, 4.69) is 4.98 Å². The van der Waals surface area contributed by atoms with Crippen molar-refractivity contribution in [1.29, 1.82) is 0 Å². The van der Waals surface area contributed by atoms with Gasteiger partial charge in [-0.2, -0.15) is 5.10 Å². The zero-order valence-electron chi connectivity index (χ0n) is 16.0. The smallest absolute Gasteiger partial charge is 0.310 e. The number of carboxylic acids is 1. The number of benzene rings is 1. The Bertz CT molecular complexity index is 1030. The number of halogens is 1. The molecule has 1 aliphatic carbocycles. The highest BCUT2D eigenvalue weighted by Gasteiger charge is 2.61. The van der Waals surface area contributed by atoms with Crippen LogP contribution in [0.5, 0.6) is 0 Å². The van der Waals surface area contributed by atoms with Gasteiger partial charge in [0.1, 0.15) is 11.5 Å². The lowest BCUT2D eigenvalue weighted by molar-refractivity contribution is -0.143. The quantitative estimate of drug-likeness (QED) is 0.637. The van der Waals surface area contributed by atoms with Gasteiger partial charge in [0.25, 0.3) is 0 Å². The summed E-state index contributed by atoms with van der Waals surface area (Å²) in [4.78, 5) is 16.1. The first-order chi connectivity index (χ1) is 14.0. The van der Waals surface area contributed by atoms with E-state index in [1.807, 2.05) is 19.1 Å². The molecule has 2 N–H and O–H groups in total. The predicted molar refractivity (Wildman–Crippen MR) is 106 cm³/mol. The number of aliphatic carboxylic acids is 1. The van der Waals surface area contributed by atoms with Gasteiger partial charge in [0.2, 0.25) is 0 Å². The second-order valence-corrected chi connectivity index (χ2v) is 7.37. The maximum atomic E-state index is 13.5. The lowest BCUT2D eigenvalue weighted by Gasteiger charge is -2.13. The molecule has 1 aliphatic rings. The number of carboxylic acid groups (broad SMARTS) is 1. The Morgan fingerprint density at radius 2 is 1.90 bits per heavy atom. The molecule has 7 heteroatoms. The zero-order valence-corrected chi connectivity index (χ0v) is 16.0. The molecule has 2 unspecified atom stereocenters. The number of nitrogens with zero attached hydrogens (tertiary/aromatic N) is 3. The Labute approximate surface area is 167 Å². The van der Waals surface area contributed by atoms with Crippen molar-refractivity contribution in [2.24, 2.45) is 5.41 Å². The topological polar surface area (TPSA) is 88.2 Å². The van der Waals surface area contributed by atoms with Crippen molar-refractivity contribution in [3.8, 4) is 22.4 Å². The van der Waals surface area contributed by atoms with Gasteiger partial charge in [-0.15, -0.1) is 0 Å². The van der Waals surface area contributed by atoms with Gasteiger partial charge in [-0.25, -0.2) is 4.39 Å². The van der Waals surface area contributed by atoms with Crippen molar-refractivity contribution < 1.29 is 19.4 Å². The monoisotopic (exact) mass is 395 g/mol. The molecule has 150 valence electrons. The summed E-state index contributed by atoms with van der Waals surface area (Å²) >= 11 is 0. The first kappa shape index (κ1) is 19.3. The minimum absolute atomic E-state index is 0.119. The van der Waals surface area contributed by atoms with Crippen LogP contribution in [0.4, 0.5) is 4.39 Å². The first-order valence-electron chi connectivity index (χ1n) is 9.63. The van der Waals surface area contributed by atoms with E-state index in [0.29, 0.717) is 18.5 Å². The van der Waals surface area contributed by atoms with Crippen LogP contribution in [0.3, 0.4) is 0 Å². The Morgan fingerprint density at radius 3 is 2.45 bits per heavy atom. The number of aliphatic hydroxyl groups is 1. The average molecular weight is 395 g/mol. The van der Waals surface area contributed by atoms with Gasteiger partial charge >= 0.3 is 5.97 Å². The Balaban J connectivity index is 1.96. The van der Waals surface area contributed by atoms with E-state index in [1.54, 1.807) is 29.2 Å². The van der Waals surface area contributed by atoms with E-state index in [1.165, 1.54) is 12.1 Å². The molecule has 0 aliphatic heterocycles. The molecule has 0 spiro atoms. The highest BCUT2D eigenvalue weighted by molar-refractivity contribution is 5.86. The fraction of sp³-hybridized carbons (Fsp3) is 0.318. The maximum absolute atomic E-state index is 13.5. The molecule has 1 aromatic carbocycles. The van der Waals surface area contributed by atoms with Crippen molar-refractivity contribution in [2.75, 3.05) is 6.61 Å². The van der Waals surface area contributed by atoms with Crippen LogP contribution in [0.15, 0.2) is 48.8 Å². The number of pyridine rings is 1. The molecule has 2 aromatic heterocycles. The van der Waals surface area contributed by atoms with Crippen molar-refractivity contribution in [1.82, 2.24) is 14.8 Å². The van der Waals surface area contributed by atoms with E-state index in [0.717, 1.165) is 22.4 Å². The van der Waals surface area contributed by atoms with E-state index in [9.17, 15) is 19.4 Å². The van der Waals surface area contributed by atoms with Crippen LogP contribution >= 0.6 is 0 Å². The highest BCUT2D eigenvalue weighted by atomic mass is 19.1. The second-order valence-electron chi connectivity index (χ2n) is 7.37. The molecule has 0 saturated heterocycles. The summed E-state index contributed by atoms with van der Waals surface area (Å²) in [7, 11) is 0. The molecular formula is C22H22FN3O3. The van der Waals surface area contributed by atoms with Crippen molar-refractivity contribution in [3.05, 3.63) is 60.3 Å². The van der Waals surface area contributed by atoms with E-state index in [-0.39, 0.29) is 24.9 Å². The van der Waals surface area contributed by atoms with Crippen molar-refractivity contribution in [2.45, 2.75) is 32.2 Å². The Kier molecular flexibility index (Phi) is 4.92. The van der Waals surface area contributed by atoms with E-state index in [4.69, 9.17) is 5.10 Å². The summed E-state index contributed by atoms with van der Waals surface area (Å²) in [5, 5.41) is 24.1. The molecule has 4 rings (SSSR count). The van der Waals surface area contributed by atoms with Crippen LogP contribution in [-0.4, -0.2) is 37.6 Å². The largest absolute Gasteiger partial charge is 0.481 e. The fourth-order valence-electron chi connectivity index (χ4n) is 4.15. The van der Waals surface area contributed by atoms with E-state index >= 15 is 0 Å². The van der Waals surface area contributed by atoms with Crippen LogP contribution in [0.1, 0.15) is 31.4 Å². The third-order valence-corrected chi connectivity index (χ3v) is 5.85. The number of hydrogen-bond acceptors (Lipinski definition) is 4. The SMILES string of the molecule is CCC1(C(=O)O)CC1c1c(-c2ccncc2)c(-c2ccc(F)cc2)nn1CCO. The fourth-order valence-corrected chi connectivity index (χ4v) is 4.15. The molecule has 3 aromatic rings. The lowest BCUT2D eigenvalue weighted by atomic mass is 9.93. The summed E-state index contributed by atoms with van der Waals surface area (Å²) in [6, 6.07) is 9.78. The molecule has 29 heavy (non-hydrogen) atoms. The number of hydrogen-bond donors (Lipinski definition) is 2. The summed E-state index contributed by atoms with van der Waals surface area (Å²) in [6.07, 6.45) is 4.39. The first-order valence-corrected chi connectivity index (χ1v) is 9.63. The van der Waals surface area contributed by atoms with Crippen molar-refractivity contribution >= 4 is 5.97 Å². The zero-order chi connectivity index (χ0) is 20.6. The molecule has 1 fully saturated rings. The molecule has 0 amide bonds. The van der Waals surface area contributed by atoms with Crippen LogP contribution in [-0.2, 0) is 11.3 Å². The minimum atomic E-state index is -0.824. The lowest BCUT2D eigenvalue weighted by Crippen LogP contribution is -2.18. The Hall–Kier alpha value is -3.06. The van der Waals surface area contributed by atoms with Crippen LogP contribution in [0, 0.1) is 11.2 Å². The molecule has 2 heterocycles. The van der Waals surface area contributed by atoms with E-state index < -0.39 is 11.4 Å². The summed E-state index contributed by atoms with van der Waals surface area (Å²) < 4.78 is 15.2. The number of carbonyl (C=O) groups is 1. The summed E-state index contributed by atoms with van der Waals surface area (Å²) in [5.74, 6) is -1.36. The number of aromatic nitrogens is 3. The molecule has 2 atom stereocenters. The number of rotatable bonds is 7. The normalized spacial score (nSPS) is 20.6. The molecular weight excluding hydrogens is 373 g/mol. The van der Waals surface area contributed by atoms with Gasteiger partial charge < -0.3 is 10.2 Å². The minimum Gasteiger partial charge on any atom is -0.481 e. The van der Waals surface area contributed by atoms with Gasteiger partial charge in [-0.05, 0) is 54.8 Å². The third kappa shape index (κ3) is 3.21. The van der Waals surface area contributed by atoms with Gasteiger partial charge in [-0.3, -0.25) is 14.5 Å². The standard InChI is InChI=1S/C22H22FN3O3/c1-2-22(21(28)29)13-17(22)20-18(14-7-9-24-10-8-14)19(25-26(20)11-12-27)15-3-5-16(23)6-4-15/h3-10,17,27H,2,11-13H2,1H3,(H,28,29). The Morgan fingerprint density at radius 1 is 1.21 bits per heavy atom. The molecule has 1 saturated carbocycles. The van der Waals surface area contributed by atoms with Crippen LogP contribution in [0.2, 0.25) is 0 Å². The van der Waals surface area contributed by atoms with Gasteiger partial charge in [0.15, 0.2) is 0 Å². The number of aliphatic hydroxyl groups excluding tert-OH is 1. The third-order valence-electron chi connectivity index (χ3n) is 5.85. The second kappa shape index (κ2) is 7.40. The van der Waals surface area contributed by atoms with Crippen molar-refractivity contribution in [3.63, 3.8) is 0 Å². The highest BCUT2D eigenvalue weighted by Crippen LogP contribution is 2.63. The van der Waals surface area contributed by atoms with Crippen LogP contribution < -0.4 is 0 Å². The average Bonchev–Trinajstić information content (AvgIpc) is 3.37. The summed E-state index contributed by atoms with van der Waals surface area (Å²) in [5.41, 5.74) is 3.02.